The van der Waals surface area contributed by atoms with E-state index in [2.05, 4.69) is 42.5 Å². The molecule has 0 spiro atoms. The van der Waals surface area contributed by atoms with Gasteiger partial charge in [0.2, 0.25) is 0 Å². The van der Waals surface area contributed by atoms with E-state index >= 15 is 0 Å². The van der Waals surface area contributed by atoms with Crippen molar-refractivity contribution < 1.29 is 14.2 Å². The van der Waals surface area contributed by atoms with Crippen LogP contribution in [-0.2, 0) is 0 Å². The number of hydrogen-bond donors (Lipinski definition) is 0. The monoisotopic (exact) mass is 350 g/mol. The van der Waals surface area contributed by atoms with Gasteiger partial charge in [-0.25, -0.2) is 0 Å². The van der Waals surface area contributed by atoms with Crippen LogP contribution in [0.15, 0.2) is 60.7 Å². The molecule has 0 radical (unpaired) electrons. The molecule has 0 amide bonds. The van der Waals surface area contributed by atoms with Crippen molar-refractivity contribution in [2.45, 2.75) is 18.8 Å². The molecule has 2 atom stereocenters. The van der Waals surface area contributed by atoms with Crippen LogP contribution < -0.4 is 14.2 Å². The smallest absolute Gasteiger partial charge is 0.161 e. The second-order valence-corrected chi connectivity index (χ2v) is 6.44. The Bertz CT molecular complexity index is 775. The lowest BCUT2D eigenvalue weighted by Gasteiger charge is -2.25. The molecule has 3 rings (SSSR count). The van der Waals surface area contributed by atoms with Crippen LogP contribution in [0.4, 0.5) is 0 Å². The van der Waals surface area contributed by atoms with E-state index in [0.29, 0.717) is 11.8 Å². The SMILES string of the molecule is COc1ccc([C@H]2C=CCC[C@@H]2/C=C/c2ccc(OC)c(OC)c2)cc1. The first-order chi connectivity index (χ1) is 12.7. The van der Waals surface area contributed by atoms with Gasteiger partial charge in [-0.05, 0) is 54.2 Å². The maximum atomic E-state index is 5.40. The van der Waals surface area contributed by atoms with E-state index < -0.39 is 0 Å². The second-order valence-electron chi connectivity index (χ2n) is 6.44. The molecule has 2 aromatic carbocycles. The zero-order chi connectivity index (χ0) is 18.4. The highest BCUT2D eigenvalue weighted by atomic mass is 16.5. The zero-order valence-electron chi connectivity index (χ0n) is 15.6. The molecule has 1 aliphatic carbocycles. The Balaban J connectivity index is 1.80. The Morgan fingerprint density at radius 1 is 0.885 bits per heavy atom. The van der Waals surface area contributed by atoms with Crippen molar-refractivity contribution in [3.63, 3.8) is 0 Å². The van der Waals surface area contributed by atoms with Gasteiger partial charge in [0.1, 0.15) is 5.75 Å². The standard InChI is InChI=1S/C23H26O3/c1-24-20-13-11-19(12-14-20)21-7-5-4-6-18(21)10-8-17-9-15-22(25-2)23(16-17)26-3/h5,7-16,18,21H,4,6H2,1-3H3/b10-8+/t18-,21+/m1/s1. The van der Waals surface area contributed by atoms with Crippen molar-refractivity contribution in [1.29, 1.82) is 0 Å². The lowest BCUT2D eigenvalue weighted by molar-refractivity contribution is 0.355. The van der Waals surface area contributed by atoms with E-state index in [4.69, 9.17) is 14.2 Å². The summed E-state index contributed by atoms with van der Waals surface area (Å²) in [4.78, 5) is 0. The summed E-state index contributed by atoms with van der Waals surface area (Å²) in [5.74, 6) is 3.27. The molecule has 1 aliphatic rings. The van der Waals surface area contributed by atoms with Crippen molar-refractivity contribution in [3.05, 3.63) is 71.8 Å². The molecular weight excluding hydrogens is 324 g/mol. The van der Waals surface area contributed by atoms with Gasteiger partial charge in [0, 0.05) is 5.92 Å². The van der Waals surface area contributed by atoms with Crippen LogP contribution in [0.25, 0.3) is 6.08 Å². The number of methoxy groups -OCH3 is 3. The minimum Gasteiger partial charge on any atom is -0.497 e. The summed E-state index contributed by atoms with van der Waals surface area (Å²) < 4.78 is 16.0. The fourth-order valence-electron chi connectivity index (χ4n) is 3.45. The van der Waals surface area contributed by atoms with Crippen LogP contribution in [0.3, 0.4) is 0 Å². The quantitative estimate of drug-likeness (QED) is 0.646. The van der Waals surface area contributed by atoms with Gasteiger partial charge in [0.15, 0.2) is 11.5 Å². The third-order valence-electron chi connectivity index (χ3n) is 4.92. The Morgan fingerprint density at radius 3 is 2.35 bits per heavy atom. The normalized spacial score (nSPS) is 19.5. The van der Waals surface area contributed by atoms with Crippen molar-refractivity contribution >= 4 is 6.08 Å². The maximum Gasteiger partial charge on any atom is 0.161 e. The minimum atomic E-state index is 0.394. The highest BCUT2D eigenvalue weighted by Gasteiger charge is 2.21. The molecule has 3 heteroatoms. The van der Waals surface area contributed by atoms with Crippen molar-refractivity contribution in [2.75, 3.05) is 21.3 Å². The highest BCUT2D eigenvalue weighted by molar-refractivity contribution is 5.56. The van der Waals surface area contributed by atoms with Crippen molar-refractivity contribution in [3.8, 4) is 17.2 Å². The Kier molecular flexibility index (Phi) is 6.00. The van der Waals surface area contributed by atoms with Gasteiger partial charge in [-0.15, -0.1) is 0 Å². The predicted octanol–water partition coefficient (Wildman–Crippen LogP) is 5.48. The fraction of sp³-hybridized carbons (Fsp3) is 0.304. The molecule has 0 unspecified atom stereocenters. The highest BCUT2D eigenvalue weighted by Crippen LogP contribution is 2.36. The van der Waals surface area contributed by atoms with Crippen LogP contribution in [-0.4, -0.2) is 21.3 Å². The topological polar surface area (TPSA) is 27.7 Å². The molecule has 2 aromatic rings. The van der Waals surface area contributed by atoms with E-state index in [9.17, 15) is 0 Å². The summed E-state index contributed by atoms with van der Waals surface area (Å²) in [6.07, 6.45) is 11.4. The van der Waals surface area contributed by atoms with Crippen molar-refractivity contribution in [2.24, 2.45) is 5.92 Å². The van der Waals surface area contributed by atoms with Crippen LogP contribution in [0.5, 0.6) is 17.2 Å². The molecular formula is C23H26O3. The number of allylic oxidation sites excluding steroid dienone is 3. The molecule has 0 aliphatic heterocycles. The molecule has 0 saturated carbocycles. The molecule has 136 valence electrons. The van der Waals surface area contributed by atoms with E-state index in [1.165, 1.54) is 5.56 Å². The largest absolute Gasteiger partial charge is 0.497 e. The van der Waals surface area contributed by atoms with Crippen LogP contribution in [0.2, 0.25) is 0 Å². The third-order valence-corrected chi connectivity index (χ3v) is 4.92. The fourth-order valence-corrected chi connectivity index (χ4v) is 3.45. The van der Waals surface area contributed by atoms with Gasteiger partial charge in [-0.2, -0.15) is 0 Å². The Labute approximate surface area is 155 Å². The first-order valence-electron chi connectivity index (χ1n) is 8.96. The summed E-state index contributed by atoms with van der Waals surface area (Å²) in [6.45, 7) is 0. The van der Waals surface area contributed by atoms with Gasteiger partial charge in [-0.1, -0.05) is 42.5 Å². The number of rotatable bonds is 6. The van der Waals surface area contributed by atoms with Crippen molar-refractivity contribution in [1.82, 2.24) is 0 Å². The van der Waals surface area contributed by atoms with E-state index in [-0.39, 0.29) is 0 Å². The van der Waals surface area contributed by atoms with Crippen LogP contribution in [0, 0.1) is 5.92 Å². The Morgan fingerprint density at radius 2 is 1.65 bits per heavy atom. The predicted molar refractivity (Wildman–Crippen MR) is 106 cm³/mol. The molecule has 0 bridgehead atoms. The summed E-state index contributed by atoms with van der Waals surface area (Å²) in [5.41, 5.74) is 2.44. The Hall–Kier alpha value is -2.68. The second kappa shape index (κ2) is 8.61. The van der Waals surface area contributed by atoms with Crippen LogP contribution >= 0.6 is 0 Å². The minimum absolute atomic E-state index is 0.394. The number of hydrogen-bond acceptors (Lipinski definition) is 3. The lowest BCUT2D eigenvalue weighted by Crippen LogP contribution is -2.12. The van der Waals surface area contributed by atoms with E-state index in [1.807, 2.05) is 24.3 Å². The summed E-state index contributed by atoms with van der Waals surface area (Å²) in [7, 11) is 5.02. The van der Waals surface area contributed by atoms with E-state index in [0.717, 1.165) is 35.7 Å². The molecule has 0 saturated heterocycles. The summed E-state index contributed by atoms with van der Waals surface area (Å²) in [6, 6.07) is 14.4. The van der Waals surface area contributed by atoms with Crippen LogP contribution in [0.1, 0.15) is 29.9 Å². The van der Waals surface area contributed by atoms with E-state index in [1.54, 1.807) is 21.3 Å². The summed E-state index contributed by atoms with van der Waals surface area (Å²) in [5, 5.41) is 0. The average Bonchev–Trinajstić information content (AvgIpc) is 2.72. The van der Waals surface area contributed by atoms with Gasteiger partial charge in [0.25, 0.3) is 0 Å². The maximum absolute atomic E-state index is 5.40. The summed E-state index contributed by atoms with van der Waals surface area (Å²) >= 11 is 0. The molecule has 3 nitrogen and oxygen atoms in total. The zero-order valence-corrected chi connectivity index (χ0v) is 15.6. The first kappa shape index (κ1) is 18.1. The van der Waals surface area contributed by atoms with Gasteiger partial charge >= 0.3 is 0 Å². The number of benzene rings is 2. The van der Waals surface area contributed by atoms with Gasteiger partial charge in [-0.3, -0.25) is 0 Å². The molecule has 0 heterocycles. The van der Waals surface area contributed by atoms with Gasteiger partial charge in [0.05, 0.1) is 21.3 Å². The average molecular weight is 350 g/mol. The molecule has 0 aromatic heterocycles. The molecule has 0 fully saturated rings. The molecule has 0 N–H and O–H groups in total. The lowest BCUT2D eigenvalue weighted by atomic mass is 9.79. The molecule has 26 heavy (non-hydrogen) atoms. The number of ether oxygens (including phenoxy) is 3. The first-order valence-corrected chi connectivity index (χ1v) is 8.96. The third kappa shape index (κ3) is 4.10. The van der Waals surface area contributed by atoms with Gasteiger partial charge < -0.3 is 14.2 Å².